The number of likely N-dealkylation sites (tertiary alicyclic amines) is 1. The minimum absolute atomic E-state index is 0.185. The van der Waals surface area contributed by atoms with Crippen molar-refractivity contribution in [2.75, 3.05) is 31.6 Å². The predicted molar refractivity (Wildman–Crippen MR) is 125 cm³/mol. The van der Waals surface area contributed by atoms with E-state index in [4.69, 9.17) is 14.5 Å². The SMILES string of the molecule is O=C(Nc1ccc(Br)cc1F)N1CCC(c2nc(-c3ccc4c(c3)OCCO4)cs2)CC1. The molecule has 1 fully saturated rings. The van der Waals surface area contributed by atoms with E-state index in [0.29, 0.717) is 36.7 Å². The molecule has 0 unspecified atom stereocenters. The minimum atomic E-state index is -0.461. The second-order valence-electron chi connectivity index (χ2n) is 7.75. The zero-order chi connectivity index (χ0) is 22.1. The summed E-state index contributed by atoms with van der Waals surface area (Å²) in [5.74, 6) is 1.37. The van der Waals surface area contributed by atoms with E-state index >= 15 is 0 Å². The van der Waals surface area contributed by atoms with Gasteiger partial charge in [0.15, 0.2) is 11.5 Å². The Labute approximate surface area is 197 Å². The number of aromatic nitrogens is 1. The van der Waals surface area contributed by atoms with E-state index in [1.807, 2.05) is 18.2 Å². The molecule has 2 aromatic carbocycles. The highest BCUT2D eigenvalue weighted by molar-refractivity contribution is 9.10. The number of nitrogens with one attached hydrogen (secondary N) is 1. The molecular formula is C23H21BrFN3O3S. The van der Waals surface area contributed by atoms with Gasteiger partial charge in [-0.1, -0.05) is 15.9 Å². The molecule has 9 heteroatoms. The fourth-order valence-electron chi connectivity index (χ4n) is 3.93. The predicted octanol–water partition coefficient (Wildman–Crippen LogP) is 5.89. The van der Waals surface area contributed by atoms with Gasteiger partial charge in [-0.25, -0.2) is 14.2 Å². The molecule has 6 nitrogen and oxygen atoms in total. The second-order valence-corrected chi connectivity index (χ2v) is 9.55. The number of anilines is 1. The van der Waals surface area contributed by atoms with Gasteiger partial charge in [-0.15, -0.1) is 11.3 Å². The number of thiazole rings is 1. The van der Waals surface area contributed by atoms with Gasteiger partial charge in [0.1, 0.15) is 19.0 Å². The van der Waals surface area contributed by atoms with E-state index in [0.717, 1.165) is 40.6 Å². The molecule has 0 atom stereocenters. The number of halogens is 2. The highest BCUT2D eigenvalue weighted by atomic mass is 79.9. The van der Waals surface area contributed by atoms with Crippen molar-refractivity contribution in [1.29, 1.82) is 0 Å². The molecule has 2 aliphatic heterocycles. The number of ether oxygens (including phenoxy) is 2. The summed E-state index contributed by atoms with van der Waals surface area (Å²) in [4.78, 5) is 19.1. The van der Waals surface area contributed by atoms with Crippen molar-refractivity contribution in [3.8, 4) is 22.8 Å². The maximum absolute atomic E-state index is 14.0. The van der Waals surface area contributed by atoms with Crippen molar-refractivity contribution in [2.24, 2.45) is 0 Å². The number of hydrogen-bond donors (Lipinski definition) is 1. The molecule has 1 saturated heterocycles. The average molecular weight is 518 g/mol. The maximum atomic E-state index is 14.0. The Morgan fingerprint density at radius 3 is 2.69 bits per heavy atom. The fraction of sp³-hybridized carbons (Fsp3) is 0.304. The van der Waals surface area contributed by atoms with Gasteiger partial charge in [0.05, 0.1) is 16.4 Å². The fourth-order valence-corrected chi connectivity index (χ4v) is 5.26. The topological polar surface area (TPSA) is 63.7 Å². The lowest BCUT2D eigenvalue weighted by atomic mass is 9.98. The molecule has 0 aliphatic carbocycles. The molecule has 166 valence electrons. The number of amides is 2. The number of urea groups is 1. The van der Waals surface area contributed by atoms with Crippen molar-refractivity contribution < 1.29 is 18.7 Å². The molecule has 3 heterocycles. The largest absolute Gasteiger partial charge is 0.486 e. The summed E-state index contributed by atoms with van der Waals surface area (Å²) >= 11 is 4.87. The summed E-state index contributed by atoms with van der Waals surface area (Å²) in [5, 5.41) is 5.81. The molecule has 1 aromatic heterocycles. The summed E-state index contributed by atoms with van der Waals surface area (Å²) in [6, 6.07) is 10.2. The Morgan fingerprint density at radius 2 is 1.91 bits per heavy atom. The first-order chi connectivity index (χ1) is 15.6. The van der Waals surface area contributed by atoms with Crippen molar-refractivity contribution in [3.63, 3.8) is 0 Å². The number of carbonyl (C=O) groups excluding carboxylic acids is 1. The Morgan fingerprint density at radius 1 is 1.12 bits per heavy atom. The van der Waals surface area contributed by atoms with Gasteiger partial charge >= 0.3 is 6.03 Å². The van der Waals surface area contributed by atoms with Gasteiger partial charge in [-0.3, -0.25) is 0 Å². The Bertz CT molecular complexity index is 1150. The maximum Gasteiger partial charge on any atom is 0.321 e. The second kappa shape index (κ2) is 9.07. The van der Waals surface area contributed by atoms with Crippen LogP contribution >= 0.6 is 27.3 Å². The number of benzene rings is 2. The standard InChI is InChI=1S/C23H21BrFN3O3S/c24-16-2-3-18(17(25)12-16)27-23(29)28-7-5-14(6-8-28)22-26-19(13-32-22)15-1-4-20-21(11-15)31-10-9-30-20/h1-4,11-14H,5-10H2,(H,27,29). The first-order valence-electron chi connectivity index (χ1n) is 10.4. The first kappa shape index (κ1) is 21.2. The zero-order valence-electron chi connectivity index (χ0n) is 17.1. The van der Waals surface area contributed by atoms with Gasteiger partial charge in [-0.2, -0.15) is 0 Å². The highest BCUT2D eigenvalue weighted by Gasteiger charge is 2.26. The molecule has 0 radical (unpaired) electrons. The third-order valence-corrected chi connectivity index (χ3v) is 7.16. The Balaban J connectivity index is 1.20. The minimum Gasteiger partial charge on any atom is -0.486 e. The van der Waals surface area contributed by atoms with E-state index < -0.39 is 5.82 Å². The summed E-state index contributed by atoms with van der Waals surface area (Å²) in [5.41, 5.74) is 2.11. The van der Waals surface area contributed by atoms with Crippen LogP contribution in [-0.2, 0) is 0 Å². The number of hydrogen-bond acceptors (Lipinski definition) is 5. The Hall–Kier alpha value is -2.65. The van der Waals surface area contributed by atoms with E-state index in [1.54, 1.807) is 28.4 Å². The van der Waals surface area contributed by atoms with Crippen LogP contribution in [-0.4, -0.2) is 42.2 Å². The number of rotatable bonds is 3. The van der Waals surface area contributed by atoms with E-state index in [1.165, 1.54) is 6.07 Å². The quantitative estimate of drug-likeness (QED) is 0.470. The third-order valence-electron chi connectivity index (χ3n) is 5.66. The molecule has 1 N–H and O–H groups in total. The lowest BCUT2D eigenvalue weighted by Crippen LogP contribution is -2.40. The van der Waals surface area contributed by atoms with Crippen molar-refractivity contribution >= 4 is 39.0 Å². The van der Waals surface area contributed by atoms with E-state index in [2.05, 4.69) is 26.6 Å². The van der Waals surface area contributed by atoms with Crippen molar-refractivity contribution in [1.82, 2.24) is 9.88 Å². The van der Waals surface area contributed by atoms with Gasteiger partial charge in [-0.05, 0) is 49.2 Å². The lowest BCUT2D eigenvalue weighted by Gasteiger charge is -2.31. The molecule has 3 aromatic rings. The van der Waals surface area contributed by atoms with Gasteiger partial charge in [0.25, 0.3) is 0 Å². The highest BCUT2D eigenvalue weighted by Crippen LogP contribution is 2.37. The van der Waals surface area contributed by atoms with Crippen LogP contribution < -0.4 is 14.8 Å². The van der Waals surface area contributed by atoms with Crippen LogP contribution in [0.15, 0.2) is 46.3 Å². The average Bonchev–Trinajstić information content (AvgIpc) is 3.31. The summed E-state index contributed by atoms with van der Waals surface area (Å²) < 4.78 is 25.9. The van der Waals surface area contributed by atoms with Gasteiger partial charge < -0.3 is 19.7 Å². The number of fused-ring (bicyclic) bond motifs is 1. The van der Waals surface area contributed by atoms with E-state index in [-0.39, 0.29) is 11.7 Å². The van der Waals surface area contributed by atoms with Crippen LogP contribution in [0.25, 0.3) is 11.3 Å². The van der Waals surface area contributed by atoms with Gasteiger partial charge in [0.2, 0.25) is 0 Å². The lowest BCUT2D eigenvalue weighted by molar-refractivity contribution is 0.171. The summed E-state index contributed by atoms with van der Waals surface area (Å²) in [7, 11) is 0. The smallest absolute Gasteiger partial charge is 0.321 e. The Kier molecular flexibility index (Phi) is 6.01. The first-order valence-corrected chi connectivity index (χ1v) is 12.1. The number of nitrogens with zero attached hydrogens (tertiary/aromatic N) is 2. The monoisotopic (exact) mass is 517 g/mol. The molecular weight excluding hydrogens is 497 g/mol. The van der Waals surface area contributed by atoms with Crippen LogP contribution in [0, 0.1) is 5.82 Å². The molecule has 2 aliphatic rings. The van der Waals surface area contributed by atoms with Crippen molar-refractivity contribution in [2.45, 2.75) is 18.8 Å². The molecule has 0 bridgehead atoms. The molecule has 2 amide bonds. The van der Waals surface area contributed by atoms with Crippen LogP contribution in [0.4, 0.5) is 14.9 Å². The molecule has 32 heavy (non-hydrogen) atoms. The van der Waals surface area contributed by atoms with Crippen LogP contribution in [0.1, 0.15) is 23.8 Å². The summed E-state index contributed by atoms with van der Waals surface area (Å²) in [6.07, 6.45) is 1.65. The number of carbonyl (C=O) groups is 1. The van der Waals surface area contributed by atoms with Crippen LogP contribution in [0.5, 0.6) is 11.5 Å². The number of piperidine rings is 1. The zero-order valence-corrected chi connectivity index (χ0v) is 19.5. The van der Waals surface area contributed by atoms with Gasteiger partial charge in [0, 0.05) is 34.4 Å². The normalized spacial score (nSPS) is 16.1. The van der Waals surface area contributed by atoms with Crippen LogP contribution in [0.2, 0.25) is 0 Å². The molecule has 5 rings (SSSR count). The molecule has 0 spiro atoms. The van der Waals surface area contributed by atoms with Crippen molar-refractivity contribution in [3.05, 3.63) is 57.1 Å². The molecule has 0 saturated carbocycles. The summed E-state index contributed by atoms with van der Waals surface area (Å²) in [6.45, 7) is 2.34. The van der Waals surface area contributed by atoms with Crippen LogP contribution in [0.3, 0.4) is 0 Å². The van der Waals surface area contributed by atoms with E-state index in [9.17, 15) is 9.18 Å². The third kappa shape index (κ3) is 4.45.